The van der Waals surface area contributed by atoms with E-state index in [0.717, 1.165) is 12.8 Å². The quantitative estimate of drug-likeness (QED) is 0.292. The lowest BCUT2D eigenvalue weighted by Crippen LogP contribution is -2.30. The largest absolute Gasteiger partial charge is 0.264 e. The molecule has 0 amide bonds. The Kier molecular flexibility index (Phi) is 2.14. The molecule has 0 aliphatic heterocycles. The van der Waals surface area contributed by atoms with Crippen LogP contribution in [0.5, 0.6) is 0 Å². The molecule has 13 heavy (non-hydrogen) atoms. The maximum Gasteiger partial charge on any atom is 0.216 e. The highest BCUT2D eigenvalue weighted by atomic mass is 32.1. The number of nitro groups is 1. The van der Waals surface area contributed by atoms with Crippen molar-refractivity contribution in [1.82, 2.24) is 0 Å². The van der Waals surface area contributed by atoms with Crippen LogP contribution in [-0.4, -0.2) is 22.2 Å². The van der Waals surface area contributed by atoms with Gasteiger partial charge in [-0.15, -0.1) is 0 Å². The van der Waals surface area contributed by atoms with Crippen LogP contribution in [0.3, 0.4) is 0 Å². The van der Waals surface area contributed by atoms with Gasteiger partial charge in [0, 0.05) is 17.3 Å². The summed E-state index contributed by atoms with van der Waals surface area (Å²) in [5.41, 5.74) is 0. The number of hydrogen-bond donors (Lipinski definition) is 0. The van der Waals surface area contributed by atoms with E-state index >= 15 is 0 Å². The van der Waals surface area contributed by atoms with Crippen molar-refractivity contribution in [2.24, 2.45) is 16.8 Å². The van der Waals surface area contributed by atoms with Crippen LogP contribution in [0.4, 0.5) is 0 Å². The molecular formula is C8H10N2O2S. The molecule has 70 valence electrons. The van der Waals surface area contributed by atoms with Crippen molar-refractivity contribution < 1.29 is 4.92 Å². The van der Waals surface area contributed by atoms with Gasteiger partial charge < -0.3 is 0 Å². The minimum atomic E-state index is -0.318. The summed E-state index contributed by atoms with van der Waals surface area (Å²) in [6.45, 7) is 0. The Morgan fingerprint density at radius 1 is 1.38 bits per heavy atom. The zero-order valence-electron chi connectivity index (χ0n) is 7.05. The molecule has 0 N–H and O–H groups in total. The second-order valence-corrected chi connectivity index (χ2v) is 4.05. The van der Waals surface area contributed by atoms with Crippen LogP contribution < -0.4 is 0 Å². The summed E-state index contributed by atoms with van der Waals surface area (Å²) in [4.78, 5) is 14.5. The summed E-state index contributed by atoms with van der Waals surface area (Å²) in [6.07, 6.45) is 2.47. The van der Waals surface area contributed by atoms with Gasteiger partial charge >= 0.3 is 0 Å². The molecule has 0 aromatic heterocycles. The molecule has 2 bridgehead atoms. The van der Waals surface area contributed by atoms with Crippen molar-refractivity contribution in [1.29, 1.82) is 0 Å². The van der Waals surface area contributed by atoms with Crippen LogP contribution in [0.1, 0.15) is 19.3 Å². The van der Waals surface area contributed by atoms with Crippen LogP contribution in [0, 0.1) is 22.0 Å². The van der Waals surface area contributed by atoms with E-state index in [2.05, 4.69) is 22.4 Å². The Balaban J connectivity index is 2.06. The summed E-state index contributed by atoms with van der Waals surface area (Å²) in [6, 6.07) is -0.0970. The Morgan fingerprint density at radius 3 is 2.62 bits per heavy atom. The molecule has 2 unspecified atom stereocenters. The molecule has 2 saturated carbocycles. The van der Waals surface area contributed by atoms with Crippen molar-refractivity contribution in [2.75, 3.05) is 0 Å². The molecule has 0 heterocycles. The average molecular weight is 198 g/mol. The third kappa shape index (κ3) is 1.38. The fraction of sp³-hybridized carbons (Fsp3) is 0.875. The molecule has 0 radical (unpaired) electrons. The van der Waals surface area contributed by atoms with Gasteiger partial charge in [-0.2, -0.15) is 0 Å². The third-order valence-corrected chi connectivity index (χ3v) is 3.38. The minimum Gasteiger partial charge on any atom is -0.264 e. The number of thiocarbonyl (C=S) groups is 1. The van der Waals surface area contributed by atoms with Gasteiger partial charge in [0.25, 0.3) is 0 Å². The molecule has 2 rings (SSSR count). The molecule has 4 atom stereocenters. The monoisotopic (exact) mass is 198 g/mol. The molecule has 2 aliphatic rings. The Hall–Kier alpha value is -0.800. The maximum absolute atomic E-state index is 10.6. The first kappa shape index (κ1) is 8.78. The summed E-state index contributed by atoms with van der Waals surface area (Å²) in [7, 11) is 0. The number of nitrogens with zero attached hydrogens (tertiary/aromatic N) is 2. The standard InChI is InChI=1S/C8H10N2O2S/c11-10(12)8-3-5-1-6(8)2-7(5)9-4-13/h5-8H,1-3H2/t5?,6?,7-,8-/m0/s1. The summed E-state index contributed by atoms with van der Waals surface area (Å²) in [5.74, 6) is 0.618. The predicted molar refractivity (Wildman–Crippen MR) is 50.4 cm³/mol. The average Bonchev–Trinajstić information content (AvgIpc) is 2.62. The molecule has 5 heteroatoms. The Morgan fingerprint density at radius 2 is 2.15 bits per heavy atom. The van der Waals surface area contributed by atoms with Crippen LogP contribution >= 0.6 is 12.2 Å². The topological polar surface area (TPSA) is 55.5 Å². The van der Waals surface area contributed by atoms with Crippen molar-refractivity contribution >= 4 is 17.4 Å². The van der Waals surface area contributed by atoms with Crippen molar-refractivity contribution in [3.8, 4) is 0 Å². The first-order chi connectivity index (χ1) is 6.22. The molecule has 4 nitrogen and oxygen atoms in total. The summed E-state index contributed by atoms with van der Waals surface area (Å²) < 4.78 is 0. The van der Waals surface area contributed by atoms with E-state index in [0.29, 0.717) is 12.3 Å². The van der Waals surface area contributed by atoms with Gasteiger partial charge in [0.05, 0.1) is 11.2 Å². The highest BCUT2D eigenvalue weighted by Gasteiger charge is 2.51. The second kappa shape index (κ2) is 3.16. The Labute approximate surface area is 81.2 Å². The summed E-state index contributed by atoms with van der Waals surface area (Å²) >= 11 is 4.53. The smallest absolute Gasteiger partial charge is 0.216 e. The van der Waals surface area contributed by atoms with E-state index in [-0.39, 0.29) is 22.9 Å². The lowest BCUT2D eigenvalue weighted by molar-refractivity contribution is -0.530. The molecule has 0 aromatic rings. The predicted octanol–water partition coefficient (Wildman–Crippen LogP) is 1.53. The van der Waals surface area contributed by atoms with Gasteiger partial charge in [-0.1, -0.05) is 0 Å². The highest BCUT2D eigenvalue weighted by Crippen LogP contribution is 2.47. The zero-order valence-corrected chi connectivity index (χ0v) is 7.87. The van der Waals surface area contributed by atoms with Gasteiger partial charge in [-0.05, 0) is 31.0 Å². The molecule has 0 spiro atoms. The van der Waals surface area contributed by atoms with Crippen molar-refractivity contribution in [3.05, 3.63) is 10.1 Å². The van der Waals surface area contributed by atoms with E-state index in [9.17, 15) is 10.1 Å². The SMILES string of the molecule is O=[N+]([O-])[C@H]1CC2CC1C[C@@H]2N=C=S. The first-order valence-electron chi connectivity index (χ1n) is 4.43. The lowest BCUT2D eigenvalue weighted by atomic mass is 9.92. The van der Waals surface area contributed by atoms with E-state index in [4.69, 9.17) is 0 Å². The third-order valence-electron chi connectivity index (χ3n) is 3.27. The van der Waals surface area contributed by atoms with Crippen LogP contribution in [0.2, 0.25) is 0 Å². The van der Waals surface area contributed by atoms with E-state index < -0.39 is 0 Å². The maximum atomic E-state index is 10.6. The lowest BCUT2D eigenvalue weighted by Gasteiger charge is -2.18. The molecule has 0 aromatic carbocycles. The van der Waals surface area contributed by atoms with Gasteiger partial charge in [0.2, 0.25) is 6.04 Å². The second-order valence-electron chi connectivity index (χ2n) is 3.87. The van der Waals surface area contributed by atoms with Crippen molar-refractivity contribution in [2.45, 2.75) is 31.3 Å². The van der Waals surface area contributed by atoms with Crippen molar-refractivity contribution in [3.63, 3.8) is 0 Å². The normalized spacial score (nSPS) is 41.5. The van der Waals surface area contributed by atoms with Gasteiger partial charge in [0.1, 0.15) is 0 Å². The zero-order chi connectivity index (χ0) is 9.42. The molecular weight excluding hydrogens is 188 g/mol. The van der Waals surface area contributed by atoms with E-state index in [1.54, 1.807) is 0 Å². The number of rotatable bonds is 2. The fourth-order valence-corrected chi connectivity index (χ4v) is 2.83. The number of isothiocyanates is 1. The van der Waals surface area contributed by atoms with Gasteiger partial charge in [0.15, 0.2) is 0 Å². The van der Waals surface area contributed by atoms with Crippen LogP contribution in [0.15, 0.2) is 4.99 Å². The molecule has 2 aliphatic carbocycles. The number of fused-ring (bicyclic) bond motifs is 2. The first-order valence-corrected chi connectivity index (χ1v) is 4.83. The van der Waals surface area contributed by atoms with E-state index in [1.807, 2.05) is 0 Å². The minimum absolute atomic E-state index is 0.137. The molecule has 2 fully saturated rings. The van der Waals surface area contributed by atoms with Crippen LogP contribution in [-0.2, 0) is 0 Å². The number of hydrogen-bond acceptors (Lipinski definition) is 4. The number of aliphatic imine (C=N–C) groups is 1. The molecule has 0 saturated heterocycles. The van der Waals surface area contributed by atoms with Crippen LogP contribution in [0.25, 0.3) is 0 Å². The highest BCUT2D eigenvalue weighted by molar-refractivity contribution is 7.78. The fourth-order valence-electron chi connectivity index (χ4n) is 2.70. The van der Waals surface area contributed by atoms with E-state index in [1.165, 1.54) is 0 Å². The Bertz CT molecular complexity index is 274. The van der Waals surface area contributed by atoms with Gasteiger partial charge in [-0.3, -0.25) is 10.1 Å². The summed E-state index contributed by atoms with van der Waals surface area (Å²) in [5, 5.41) is 13.0. The van der Waals surface area contributed by atoms with Gasteiger partial charge in [-0.25, -0.2) is 4.99 Å².